The number of rotatable bonds is 1. The molecule has 0 aromatic heterocycles. The average Bonchev–Trinajstić information content (AvgIpc) is 3.30. The van der Waals surface area contributed by atoms with E-state index in [1.807, 2.05) is 59.2 Å². The number of anilines is 2. The predicted molar refractivity (Wildman–Crippen MR) is 123 cm³/mol. The summed E-state index contributed by atoms with van der Waals surface area (Å²) in [5, 5.41) is 6.52. The van der Waals surface area contributed by atoms with Gasteiger partial charge in [0.25, 0.3) is 0 Å². The zero-order valence-electron chi connectivity index (χ0n) is 13.1. The number of nitrogen functional groups attached to an aromatic ring is 2. The molecule has 2 aromatic carbocycles. The van der Waals surface area contributed by atoms with Crippen molar-refractivity contribution in [3.63, 3.8) is 0 Å². The van der Waals surface area contributed by atoms with Crippen molar-refractivity contribution in [2.45, 2.75) is 4.90 Å². The highest BCUT2D eigenvalue weighted by Gasteiger charge is 2.19. The quantitative estimate of drug-likeness (QED) is 0.353. The molecular weight excluding hydrogens is 405 g/mol. The van der Waals surface area contributed by atoms with Crippen LogP contribution in [0.5, 0.6) is 0 Å². The molecule has 0 radical (unpaired) electrons. The summed E-state index contributed by atoms with van der Waals surface area (Å²) in [6.45, 7) is 0. The lowest BCUT2D eigenvalue weighted by Crippen LogP contribution is -1.86. The summed E-state index contributed by atoms with van der Waals surface area (Å²) in [7, 11) is 0. The molecule has 2 aliphatic heterocycles. The molecular formula is C18H16N2S5. The van der Waals surface area contributed by atoms with Gasteiger partial charge in [-0.15, -0.1) is 12.6 Å². The van der Waals surface area contributed by atoms with Gasteiger partial charge in [0.2, 0.25) is 0 Å². The standard InChI is InChI=1S/C12H8S5.C6H8N2/c13-9-3-1-8(2-4-9)10-7-16-12(17-10)11-14-5-6-15-11;7-5-1-2-6(8)4-3-5/h1-7,13H;1-4H,7-8H2. The first-order valence-electron chi connectivity index (χ1n) is 7.29. The van der Waals surface area contributed by atoms with Crippen LogP contribution in [-0.4, -0.2) is 0 Å². The van der Waals surface area contributed by atoms with Gasteiger partial charge in [-0.3, -0.25) is 0 Å². The van der Waals surface area contributed by atoms with Crippen LogP contribution in [0.1, 0.15) is 5.56 Å². The molecule has 0 spiro atoms. The largest absolute Gasteiger partial charge is 0.399 e. The maximum Gasteiger partial charge on any atom is 0.0700 e. The molecule has 4 N–H and O–H groups in total. The van der Waals surface area contributed by atoms with Crippen LogP contribution >= 0.6 is 59.7 Å². The van der Waals surface area contributed by atoms with Crippen molar-refractivity contribution in [1.82, 2.24) is 0 Å². The highest BCUT2D eigenvalue weighted by molar-refractivity contribution is 8.35. The Bertz CT molecular complexity index is 793. The fraction of sp³-hybridized carbons (Fsp3) is 0. The van der Waals surface area contributed by atoms with Gasteiger partial charge in [0, 0.05) is 21.2 Å². The fourth-order valence-corrected chi connectivity index (χ4v) is 6.53. The number of hydrogen-bond acceptors (Lipinski definition) is 7. The van der Waals surface area contributed by atoms with Crippen molar-refractivity contribution in [1.29, 1.82) is 0 Å². The van der Waals surface area contributed by atoms with Crippen LogP contribution in [0, 0.1) is 0 Å². The number of thioether (sulfide) groups is 4. The molecule has 0 saturated carbocycles. The topological polar surface area (TPSA) is 52.0 Å². The van der Waals surface area contributed by atoms with Crippen LogP contribution in [0.3, 0.4) is 0 Å². The van der Waals surface area contributed by atoms with Crippen LogP contribution in [0.25, 0.3) is 4.91 Å². The number of nitrogens with two attached hydrogens (primary N) is 2. The Morgan fingerprint density at radius 1 is 0.680 bits per heavy atom. The summed E-state index contributed by atoms with van der Waals surface area (Å²) >= 11 is 11.6. The Kier molecular flexibility index (Phi) is 6.84. The molecule has 0 bridgehead atoms. The molecule has 25 heavy (non-hydrogen) atoms. The van der Waals surface area contributed by atoms with Gasteiger partial charge in [-0.05, 0) is 58.2 Å². The minimum Gasteiger partial charge on any atom is -0.399 e. The minimum atomic E-state index is 0.749. The first kappa shape index (κ1) is 18.8. The lowest BCUT2D eigenvalue weighted by atomic mass is 10.2. The molecule has 0 aliphatic carbocycles. The van der Waals surface area contributed by atoms with Crippen LogP contribution in [0.4, 0.5) is 11.4 Å². The van der Waals surface area contributed by atoms with Crippen molar-refractivity contribution in [3.8, 4) is 0 Å². The monoisotopic (exact) mass is 420 g/mol. The molecule has 0 amide bonds. The van der Waals surface area contributed by atoms with Gasteiger partial charge < -0.3 is 11.5 Å². The Balaban J connectivity index is 0.000000192. The maximum atomic E-state index is 5.37. The average molecular weight is 421 g/mol. The molecule has 2 aliphatic rings. The number of hydrogen-bond donors (Lipinski definition) is 3. The van der Waals surface area contributed by atoms with E-state index in [1.165, 1.54) is 18.9 Å². The first-order chi connectivity index (χ1) is 12.1. The van der Waals surface area contributed by atoms with E-state index in [1.54, 1.807) is 24.3 Å². The van der Waals surface area contributed by atoms with Gasteiger partial charge in [0.1, 0.15) is 0 Å². The van der Waals surface area contributed by atoms with Crippen molar-refractivity contribution in [2.75, 3.05) is 11.5 Å². The molecule has 2 heterocycles. The highest BCUT2D eigenvalue weighted by atomic mass is 32.2. The summed E-state index contributed by atoms with van der Waals surface area (Å²) in [4.78, 5) is 2.34. The molecule has 0 unspecified atom stereocenters. The van der Waals surface area contributed by atoms with Gasteiger partial charge in [0.05, 0.1) is 8.47 Å². The Labute approximate surface area is 170 Å². The Hall–Kier alpha value is -0.990. The molecule has 2 aromatic rings. The van der Waals surface area contributed by atoms with Gasteiger partial charge in [0.15, 0.2) is 0 Å². The molecule has 7 heteroatoms. The van der Waals surface area contributed by atoms with E-state index in [4.69, 9.17) is 11.5 Å². The Morgan fingerprint density at radius 3 is 1.80 bits per heavy atom. The summed E-state index contributed by atoms with van der Waals surface area (Å²) in [5.74, 6) is 0. The van der Waals surface area contributed by atoms with Crippen molar-refractivity contribution in [3.05, 3.63) is 78.8 Å². The maximum absolute atomic E-state index is 5.37. The summed E-state index contributed by atoms with van der Waals surface area (Å²) < 4.78 is 2.80. The molecule has 0 atom stereocenters. The second-order valence-electron chi connectivity index (χ2n) is 5.00. The van der Waals surface area contributed by atoms with Crippen molar-refractivity contribution < 1.29 is 0 Å². The van der Waals surface area contributed by atoms with E-state index in [2.05, 4.69) is 41.0 Å². The number of thiol groups is 1. The smallest absolute Gasteiger partial charge is 0.0700 e. The molecule has 0 saturated heterocycles. The van der Waals surface area contributed by atoms with Crippen LogP contribution in [-0.2, 0) is 0 Å². The minimum absolute atomic E-state index is 0.749. The predicted octanol–water partition coefficient (Wildman–Crippen LogP) is 6.68. The van der Waals surface area contributed by atoms with E-state index in [-0.39, 0.29) is 0 Å². The summed E-state index contributed by atoms with van der Waals surface area (Å²) in [6.07, 6.45) is 0. The van der Waals surface area contributed by atoms with Crippen LogP contribution in [0.15, 0.2) is 78.1 Å². The molecule has 2 nitrogen and oxygen atoms in total. The first-order valence-corrected chi connectivity index (χ1v) is 11.2. The number of benzene rings is 2. The molecule has 4 rings (SSSR count). The van der Waals surface area contributed by atoms with Gasteiger partial charge in [-0.25, -0.2) is 0 Å². The van der Waals surface area contributed by atoms with E-state index >= 15 is 0 Å². The van der Waals surface area contributed by atoms with Gasteiger partial charge in [-0.2, -0.15) is 0 Å². The van der Waals surface area contributed by atoms with E-state index in [0.717, 1.165) is 16.3 Å². The second-order valence-corrected chi connectivity index (χ2v) is 9.80. The SMILES string of the molecule is Nc1ccc(N)cc1.Sc1ccc(C2=CSC(=C3SC=CS3)S2)cc1. The third kappa shape index (κ3) is 5.49. The van der Waals surface area contributed by atoms with E-state index < -0.39 is 0 Å². The lowest BCUT2D eigenvalue weighted by Gasteiger charge is -2.03. The zero-order valence-corrected chi connectivity index (χ0v) is 17.2. The van der Waals surface area contributed by atoms with Crippen molar-refractivity contribution in [2.24, 2.45) is 0 Å². The normalized spacial score (nSPS) is 15.8. The van der Waals surface area contributed by atoms with Crippen LogP contribution in [0.2, 0.25) is 0 Å². The Morgan fingerprint density at radius 2 is 1.24 bits per heavy atom. The second kappa shape index (κ2) is 9.09. The van der Waals surface area contributed by atoms with Gasteiger partial charge >= 0.3 is 0 Å². The fourth-order valence-electron chi connectivity index (χ4n) is 1.90. The van der Waals surface area contributed by atoms with Gasteiger partial charge in [-0.1, -0.05) is 59.2 Å². The third-order valence-corrected chi connectivity index (χ3v) is 8.50. The summed E-state index contributed by atoms with van der Waals surface area (Å²) in [6, 6.07) is 15.4. The molecule has 128 valence electrons. The molecule has 0 fully saturated rings. The van der Waals surface area contributed by atoms with Crippen molar-refractivity contribution >= 4 is 76.0 Å². The lowest BCUT2D eigenvalue weighted by molar-refractivity contribution is 1.46. The van der Waals surface area contributed by atoms with Crippen LogP contribution < -0.4 is 11.5 Å². The summed E-state index contributed by atoms with van der Waals surface area (Å²) in [5.41, 5.74) is 13.5. The zero-order chi connectivity index (χ0) is 17.6. The van der Waals surface area contributed by atoms with E-state index in [0.29, 0.717) is 0 Å². The third-order valence-electron chi connectivity index (χ3n) is 3.14. The highest BCUT2D eigenvalue weighted by Crippen LogP contribution is 2.55. The van der Waals surface area contributed by atoms with E-state index in [9.17, 15) is 0 Å².